The summed E-state index contributed by atoms with van der Waals surface area (Å²) in [6.45, 7) is 2.51. The third-order valence-electron chi connectivity index (χ3n) is 3.51. The van der Waals surface area contributed by atoms with Gasteiger partial charge in [0.05, 0.1) is 30.0 Å². The maximum atomic E-state index is 12.0. The van der Waals surface area contributed by atoms with Crippen molar-refractivity contribution in [3.05, 3.63) is 23.2 Å². The van der Waals surface area contributed by atoms with E-state index in [1.807, 2.05) is 6.92 Å². The molecule has 1 heterocycles. The number of carbonyl (C=O) groups excluding carboxylic acids is 2. The van der Waals surface area contributed by atoms with E-state index in [4.69, 9.17) is 21.1 Å². The van der Waals surface area contributed by atoms with Crippen LogP contribution in [0, 0.1) is 0 Å². The van der Waals surface area contributed by atoms with Crippen molar-refractivity contribution < 1.29 is 19.1 Å². The molecule has 120 valence electrons. The highest BCUT2D eigenvalue weighted by atomic mass is 35.5. The zero-order valence-electron chi connectivity index (χ0n) is 12.5. The molecule has 0 bridgehead atoms. The minimum atomic E-state index is -0.778. The Bertz CT molecular complexity index is 558. The molecule has 2 N–H and O–H groups in total. The summed E-state index contributed by atoms with van der Waals surface area (Å²) in [6.07, 6.45) is 1.80. The van der Waals surface area contributed by atoms with E-state index >= 15 is 0 Å². The number of rotatable bonds is 4. The summed E-state index contributed by atoms with van der Waals surface area (Å²) in [5.74, 6) is -0.963. The van der Waals surface area contributed by atoms with Crippen LogP contribution in [-0.4, -0.2) is 37.7 Å². The van der Waals surface area contributed by atoms with Gasteiger partial charge < -0.3 is 20.1 Å². The Labute approximate surface area is 134 Å². The van der Waals surface area contributed by atoms with Gasteiger partial charge in [-0.05, 0) is 31.9 Å². The van der Waals surface area contributed by atoms with Gasteiger partial charge in [0.2, 0.25) is 0 Å². The lowest BCUT2D eigenvalue weighted by molar-refractivity contribution is -0.137. The normalized spacial score (nSPS) is 18.6. The summed E-state index contributed by atoms with van der Waals surface area (Å²) in [6, 6.07) is 4.58. The van der Waals surface area contributed by atoms with Crippen molar-refractivity contribution in [2.75, 3.05) is 19.0 Å². The quantitative estimate of drug-likeness (QED) is 0.829. The Morgan fingerprint density at radius 1 is 1.41 bits per heavy atom. The topological polar surface area (TPSA) is 76.7 Å². The standard InChI is InChI=1S/C15H19ClN2O4/c1-9(13-4-3-7-22-13)17-14(19)15(20)18-12-8-10(21-2)5-6-11(12)16/h5-6,8-9,13H,3-4,7H2,1-2H3,(H,17,19)(H,18,20). The molecule has 2 atom stereocenters. The molecule has 7 heteroatoms. The van der Waals surface area contributed by atoms with Gasteiger partial charge in [-0.2, -0.15) is 0 Å². The van der Waals surface area contributed by atoms with Crippen molar-refractivity contribution in [1.82, 2.24) is 5.32 Å². The first-order valence-corrected chi connectivity index (χ1v) is 7.46. The van der Waals surface area contributed by atoms with E-state index in [2.05, 4.69) is 10.6 Å². The molecular formula is C15H19ClN2O4. The zero-order chi connectivity index (χ0) is 16.1. The van der Waals surface area contributed by atoms with Crippen LogP contribution >= 0.6 is 11.6 Å². The van der Waals surface area contributed by atoms with E-state index in [0.717, 1.165) is 12.8 Å². The molecule has 1 saturated heterocycles. The summed E-state index contributed by atoms with van der Waals surface area (Å²) in [7, 11) is 1.50. The third-order valence-corrected chi connectivity index (χ3v) is 3.84. The van der Waals surface area contributed by atoms with E-state index in [1.165, 1.54) is 7.11 Å². The van der Waals surface area contributed by atoms with E-state index in [0.29, 0.717) is 23.1 Å². The lowest BCUT2D eigenvalue weighted by atomic mass is 10.1. The molecular weight excluding hydrogens is 308 g/mol. The molecule has 0 spiro atoms. The fourth-order valence-corrected chi connectivity index (χ4v) is 2.43. The van der Waals surface area contributed by atoms with E-state index < -0.39 is 11.8 Å². The predicted molar refractivity (Wildman–Crippen MR) is 83.2 cm³/mol. The molecule has 22 heavy (non-hydrogen) atoms. The average Bonchev–Trinajstić information content (AvgIpc) is 3.03. The summed E-state index contributed by atoms with van der Waals surface area (Å²) in [4.78, 5) is 23.9. The second-order valence-electron chi connectivity index (χ2n) is 5.11. The first-order chi connectivity index (χ1) is 10.5. The fraction of sp³-hybridized carbons (Fsp3) is 0.467. The smallest absolute Gasteiger partial charge is 0.313 e. The molecule has 2 rings (SSSR count). The number of hydrogen-bond donors (Lipinski definition) is 2. The maximum Gasteiger partial charge on any atom is 0.313 e. The molecule has 1 aromatic carbocycles. The number of ether oxygens (including phenoxy) is 2. The minimum absolute atomic E-state index is 0.0443. The molecule has 2 amide bonds. The molecule has 1 aliphatic rings. The fourth-order valence-electron chi connectivity index (χ4n) is 2.27. The summed E-state index contributed by atoms with van der Waals surface area (Å²) in [5, 5.41) is 5.44. The zero-order valence-corrected chi connectivity index (χ0v) is 13.3. The molecule has 0 radical (unpaired) electrons. The van der Waals surface area contributed by atoms with Crippen LogP contribution in [0.5, 0.6) is 5.75 Å². The molecule has 1 aliphatic heterocycles. The summed E-state index contributed by atoms with van der Waals surface area (Å²) < 4.78 is 10.5. The number of hydrogen-bond acceptors (Lipinski definition) is 4. The van der Waals surface area contributed by atoms with Crippen LogP contribution in [0.1, 0.15) is 19.8 Å². The Morgan fingerprint density at radius 2 is 2.18 bits per heavy atom. The van der Waals surface area contributed by atoms with Crippen molar-refractivity contribution >= 4 is 29.1 Å². The molecule has 2 unspecified atom stereocenters. The summed E-state index contributed by atoms with van der Waals surface area (Å²) in [5.41, 5.74) is 0.325. The van der Waals surface area contributed by atoms with Crippen LogP contribution in [0.2, 0.25) is 5.02 Å². The van der Waals surface area contributed by atoms with Crippen molar-refractivity contribution in [1.29, 1.82) is 0 Å². The Kier molecular flexibility index (Phi) is 5.63. The first kappa shape index (κ1) is 16.6. The van der Waals surface area contributed by atoms with E-state index in [9.17, 15) is 9.59 Å². The van der Waals surface area contributed by atoms with Crippen LogP contribution in [0.3, 0.4) is 0 Å². The number of carbonyl (C=O) groups is 2. The van der Waals surface area contributed by atoms with Gasteiger partial charge in [0.15, 0.2) is 0 Å². The molecule has 1 aromatic rings. The highest BCUT2D eigenvalue weighted by Crippen LogP contribution is 2.26. The highest BCUT2D eigenvalue weighted by molar-refractivity contribution is 6.41. The maximum absolute atomic E-state index is 12.0. The monoisotopic (exact) mass is 326 g/mol. The van der Waals surface area contributed by atoms with Crippen LogP contribution in [-0.2, 0) is 14.3 Å². The number of nitrogens with one attached hydrogen (secondary N) is 2. The predicted octanol–water partition coefficient (Wildman–Crippen LogP) is 1.97. The first-order valence-electron chi connectivity index (χ1n) is 7.08. The average molecular weight is 327 g/mol. The van der Waals surface area contributed by atoms with Crippen LogP contribution in [0.4, 0.5) is 5.69 Å². The molecule has 1 fully saturated rings. The van der Waals surface area contributed by atoms with E-state index in [1.54, 1.807) is 18.2 Å². The Hall–Kier alpha value is -1.79. The molecule has 0 saturated carbocycles. The molecule has 6 nitrogen and oxygen atoms in total. The van der Waals surface area contributed by atoms with Crippen molar-refractivity contribution in [3.63, 3.8) is 0 Å². The van der Waals surface area contributed by atoms with Gasteiger partial charge in [-0.25, -0.2) is 0 Å². The van der Waals surface area contributed by atoms with Crippen molar-refractivity contribution in [3.8, 4) is 5.75 Å². The third kappa shape index (κ3) is 4.11. The van der Waals surface area contributed by atoms with Crippen molar-refractivity contribution in [2.45, 2.75) is 31.9 Å². The lowest BCUT2D eigenvalue weighted by Crippen LogP contribution is -2.45. The number of anilines is 1. The Balaban J connectivity index is 1.94. The van der Waals surface area contributed by atoms with E-state index in [-0.39, 0.29) is 12.1 Å². The summed E-state index contributed by atoms with van der Waals surface area (Å²) >= 11 is 5.99. The van der Waals surface area contributed by atoms with Gasteiger partial charge in [0.25, 0.3) is 0 Å². The Morgan fingerprint density at radius 3 is 2.82 bits per heavy atom. The molecule has 0 aromatic heterocycles. The minimum Gasteiger partial charge on any atom is -0.497 e. The second kappa shape index (κ2) is 7.47. The van der Waals surface area contributed by atoms with Gasteiger partial charge in [0.1, 0.15) is 5.75 Å². The van der Waals surface area contributed by atoms with Gasteiger partial charge in [-0.15, -0.1) is 0 Å². The van der Waals surface area contributed by atoms with Crippen molar-refractivity contribution in [2.24, 2.45) is 0 Å². The lowest BCUT2D eigenvalue weighted by Gasteiger charge is -2.19. The largest absolute Gasteiger partial charge is 0.497 e. The van der Waals surface area contributed by atoms with Gasteiger partial charge in [-0.1, -0.05) is 11.6 Å². The number of amides is 2. The molecule has 0 aliphatic carbocycles. The SMILES string of the molecule is COc1ccc(Cl)c(NC(=O)C(=O)NC(C)C2CCCO2)c1. The second-order valence-corrected chi connectivity index (χ2v) is 5.52. The highest BCUT2D eigenvalue weighted by Gasteiger charge is 2.26. The van der Waals surface area contributed by atoms with Crippen LogP contribution < -0.4 is 15.4 Å². The van der Waals surface area contributed by atoms with Crippen LogP contribution in [0.25, 0.3) is 0 Å². The number of halogens is 1. The van der Waals surface area contributed by atoms with Gasteiger partial charge >= 0.3 is 11.8 Å². The van der Waals surface area contributed by atoms with Gasteiger partial charge in [0, 0.05) is 12.7 Å². The van der Waals surface area contributed by atoms with Crippen LogP contribution in [0.15, 0.2) is 18.2 Å². The number of methoxy groups -OCH3 is 1. The number of benzene rings is 1. The van der Waals surface area contributed by atoms with Gasteiger partial charge in [-0.3, -0.25) is 9.59 Å².